The van der Waals surface area contributed by atoms with Crippen LogP contribution in [-0.2, 0) is 14.8 Å². The van der Waals surface area contributed by atoms with Crippen molar-refractivity contribution in [2.45, 2.75) is 52.0 Å². The Kier molecular flexibility index (Phi) is 3.13. The van der Waals surface area contributed by atoms with Crippen molar-refractivity contribution in [1.29, 1.82) is 0 Å². The molecule has 1 amide bonds. The molecule has 4 atom stereocenters. The van der Waals surface area contributed by atoms with Crippen LogP contribution in [0.2, 0.25) is 0 Å². The molecule has 4 nitrogen and oxygen atoms in total. The quantitative estimate of drug-likeness (QED) is 0.820. The van der Waals surface area contributed by atoms with Gasteiger partial charge in [0.05, 0.1) is 17.7 Å². The molecule has 3 aliphatic rings. The fourth-order valence-corrected chi connectivity index (χ4v) is 8.81. The second-order valence-corrected chi connectivity index (χ2v) is 10.8. The zero-order valence-electron chi connectivity index (χ0n) is 13.8. The van der Waals surface area contributed by atoms with Crippen LogP contribution in [0.15, 0.2) is 17.5 Å². The summed E-state index contributed by atoms with van der Waals surface area (Å²) in [5.74, 6) is 0.0621. The Bertz CT molecular complexity index is 753. The minimum Gasteiger partial charge on any atom is -0.273 e. The average Bonchev–Trinajstić information content (AvgIpc) is 3.16. The normalized spacial score (nSPS) is 37.8. The van der Waals surface area contributed by atoms with Crippen molar-refractivity contribution in [3.63, 3.8) is 0 Å². The van der Waals surface area contributed by atoms with Crippen LogP contribution in [0.5, 0.6) is 0 Å². The summed E-state index contributed by atoms with van der Waals surface area (Å²) >= 11 is 1.51. The predicted octanol–water partition coefficient (Wildman–Crippen LogP) is 3.22. The molecular formula is C17H23NO3S2. The van der Waals surface area contributed by atoms with Crippen LogP contribution in [-0.4, -0.2) is 30.4 Å². The number of carbonyl (C=O) groups excluding carboxylic acids is 1. The van der Waals surface area contributed by atoms with Gasteiger partial charge in [-0.3, -0.25) is 4.79 Å². The number of hydrogen-bond acceptors (Lipinski definition) is 4. The van der Waals surface area contributed by atoms with E-state index in [0.717, 1.165) is 24.1 Å². The lowest BCUT2D eigenvalue weighted by Gasteiger charge is -2.37. The molecule has 2 bridgehead atoms. The van der Waals surface area contributed by atoms with E-state index in [2.05, 4.69) is 13.8 Å². The molecule has 2 heterocycles. The SMILES string of the molecule is C[C@H](C(=O)N1[C@@H]2C[C@H]3CC[C@]2(CS1(=O)=O)C3(C)C)c1cccs1. The van der Waals surface area contributed by atoms with Crippen LogP contribution >= 0.6 is 11.3 Å². The van der Waals surface area contributed by atoms with Gasteiger partial charge in [0, 0.05) is 10.3 Å². The molecule has 0 aromatic carbocycles. The molecule has 2 saturated carbocycles. The van der Waals surface area contributed by atoms with Crippen LogP contribution < -0.4 is 0 Å². The van der Waals surface area contributed by atoms with Crippen molar-refractivity contribution in [1.82, 2.24) is 4.31 Å². The highest BCUT2D eigenvalue weighted by atomic mass is 32.2. The topological polar surface area (TPSA) is 54.5 Å². The third kappa shape index (κ3) is 1.82. The number of sulfonamides is 1. The lowest BCUT2D eigenvalue weighted by molar-refractivity contribution is -0.130. The molecule has 1 aromatic rings. The molecule has 2 aliphatic carbocycles. The van der Waals surface area contributed by atoms with Crippen molar-refractivity contribution < 1.29 is 13.2 Å². The maximum atomic E-state index is 13.0. The number of hydrogen-bond donors (Lipinski definition) is 0. The molecule has 126 valence electrons. The number of rotatable bonds is 2. The first-order chi connectivity index (χ1) is 10.7. The summed E-state index contributed by atoms with van der Waals surface area (Å²) in [4.78, 5) is 14.0. The largest absolute Gasteiger partial charge is 0.273 e. The molecule has 3 fully saturated rings. The van der Waals surface area contributed by atoms with Crippen LogP contribution in [0.3, 0.4) is 0 Å². The molecule has 0 unspecified atom stereocenters. The van der Waals surface area contributed by atoms with E-state index in [4.69, 9.17) is 0 Å². The Labute approximate surface area is 141 Å². The summed E-state index contributed by atoms with van der Waals surface area (Å²) < 4.78 is 27.0. The van der Waals surface area contributed by atoms with E-state index in [1.54, 1.807) is 0 Å². The van der Waals surface area contributed by atoms with Gasteiger partial charge in [0.15, 0.2) is 0 Å². The van der Waals surface area contributed by atoms with Gasteiger partial charge in [-0.25, -0.2) is 12.7 Å². The lowest BCUT2D eigenvalue weighted by Crippen LogP contribution is -2.45. The number of nitrogens with zero attached hydrogens (tertiary/aromatic N) is 1. The first-order valence-corrected chi connectivity index (χ1v) is 10.8. The van der Waals surface area contributed by atoms with Crippen molar-refractivity contribution >= 4 is 27.3 Å². The lowest BCUT2D eigenvalue weighted by atomic mass is 9.69. The summed E-state index contributed by atoms with van der Waals surface area (Å²) in [6.45, 7) is 6.24. The van der Waals surface area contributed by atoms with Gasteiger partial charge in [0.2, 0.25) is 15.9 Å². The Hall–Kier alpha value is -0.880. The van der Waals surface area contributed by atoms with Gasteiger partial charge >= 0.3 is 0 Å². The molecular weight excluding hydrogens is 330 g/mol. The zero-order valence-corrected chi connectivity index (χ0v) is 15.4. The molecule has 0 radical (unpaired) electrons. The van der Waals surface area contributed by atoms with Gasteiger partial charge in [-0.2, -0.15) is 0 Å². The summed E-state index contributed by atoms with van der Waals surface area (Å²) in [5, 5.41) is 1.93. The predicted molar refractivity (Wildman–Crippen MR) is 90.7 cm³/mol. The Morgan fingerprint density at radius 2 is 2.17 bits per heavy atom. The molecule has 1 saturated heterocycles. The van der Waals surface area contributed by atoms with Gasteiger partial charge < -0.3 is 0 Å². The molecule has 1 aromatic heterocycles. The summed E-state index contributed by atoms with van der Waals surface area (Å²) in [7, 11) is -3.51. The highest BCUT2D eigenvalue weighted by Crippen LogP contribution is 2.70. The molecule has 0 N–H and O–H groups in total. The number of thiophene rings is 1. The van der Waals surface area contributed by atoms with Crippen LogP contribution in [0.25, 0.3) is 0 Å². The standard InChI is InChI=1S/C17H23NO3S2/c1-11(13-5-4-8-22-13)15(19)18-14-9-12-6-7-17(14,16(12,2)3)10-23(18,20)21/h4-5,8,11-12,14H,6-7,9-10H2,1-3H3/t11-,12+,14+,17+/m0/s1. The maximum Gasteiger partial charge on any atom is 0.244 e. The fraction of sp³-hybridized carbons (Fsp3) is 0.706. The minimum absolute atomic E-state index is 0.00589. The minimum atomic E-state index is -3.51. The molecule has 4 rings (SSSR count). The van der Waals surface area contributed by atoms with Crippen molar-refractivity contribution in [3.8, 4) is 0 Å². The average molecular weight is 354 g/mol. The second-order valence-electron chi connectivity index (χ2n) is 7.99. The third-order valence-electron chi connectivity index (χ3n) is 6.97. The second kappa shape index (κ2) is 4.60. The number of fused-ring (bicyclic) bond motifs is 1. The first-order valence-electron chi connectivity index (χ1n) is 8.30. The third-order valence-corrected chi connectivity index (χ3v) is 9.94. The summed E-state index contributed by atoms with van der Waals surface area (Å²) in [6.07, 6.45) is 2.88. The highest BCUT2D eigenvalue weighted by Gasteiger charge is 2.72. The van der Waals surface area contributed by atoms with Crippen LogP contribution in [0, 0.1) is 16.7 Å². The van der Waals surface area contributed by atoms with Crippen molar-refractivity contribution in [2.75, 3.05) is 5.75 Å². The Balaban J connectivity index is 1.74. The number of amides is 1. The molecule has 1 aliphatic heterocycles. The highest BCUT2D eigenvalue weighted by molar-refractivity contribution is 7.90. The van der Waals surface area contributed by atoms with Gasteiger partial charge in [-0.15, -0.1) is 11.3 Å². The van der Waals surface area contributed by atoms with E-state index < -0.39 is 10.0 Å². The molecule has 6 heteroatoms. The van der Waals surface area contributed by atoms with Crippen LogP contribution in [0.4, 0.5) is 0 Å². The zero-order chi connectivity index (χ0) is 16.6. The van der Waals surface area contributed by atoms with E-state index in [1.807, 2.05) is 24.4 Å². The summed E-state index contributed by atoms with van der Waals surface area (Å²) in [5.41, 5.74) is -0.229. The van der Waals surface area contributed by atoms with Gasteiger partial charge in [0.1, 0.15) is 0 Å². The smallest absolute Gasteiger partial charge is 0.244 e. The van der Waals surface area contributed by atoms with Gasteiger partial charge in [-0.1, -0.05) is 19.9 Å². The van der Waals surface area contributed by atoms with Gasteiger partial charge in [-0.05, 0) is 49.0 Å². The van der Waals surface area contributed by atoms with E-state index in [9.17, 15) is 13.2 Å². The monoisotopic (exact) mass is 353 g/mol. The molecule has 23 heavy (non-hydrogen) atoms. The first kappa shape index (κ1) is 15.6. The Morgan fingerprint density at radius 1 is 1.43 bits per heavy atom. The van der Waals surface area contributed by atoms with E-state index in [-0.39, 0.29) is 34.4 Å². The maximum absolute atomic E-state index is 13.0. The summed E-state index contributed by atoms with van der Waals surface area (Å²) in [6, 6.07) is 3.69. The van der Waals surface area contributed by atoms with E-state index in [0.29, 0.717) is 5.92 Å². The van der Waals surface area contributed by atoms with Crippen LogP contribution in [0.1, 0.15) is 50.8 Å². The van der Waals surface area contributed by atoms with Crippen molar-refractivity contribution in [3.05, 3.63) is 22.4 Å². The Morgan fingerprint density at radius 3 is 2.78 bits per heavy atom. The van der Waals surface area contributed by atoms with E-state index in [1.165, 1.54) is 15.6 Å². The van der Waals surface area contributed by atoms with Crippen molar-refractivity contribution in [2.24, 2.45) is 16.7 Å². The number of carbonyl (C=O) groups is 1. The van der Waals surface area contributed by atoms with E-state index >= 15 is 0 Å². The van der Waals surface area contributed by atoms with Gasteiger partial charge in [0.25, 0.3) is 0 Å². The molecule has 1 spiro atoms. The fourth-order valence-electron chi connectivity index (χ4n) is 5.43.